The predicted octanol–water partition coefficient (Wildman–Crippen LogP) is 2.88. The van der Waals surface area contributed by atoms with Gasteiger partial charge in [0.1, 0.15) is 5.82 Å². The molecule has 3 aromatic heterocycles. The summed E-state index contributed by atoms with van der Waals surface area (Å²) in [5.41, 5.74) is 2.11. The normalized spacial score (nSPS) is 17.2. The van der Waals surface area contributed by atoms with E-state index in [9.17, 15) is 0 Å². The van der Waals surface area contributed by atoms with Gasteiger partial charge in [-0.25, -0.2) is 4.98 Å². The minimum Gasteiger partial charge on any atom is -0.353 e. The van der Waals surface area contributed by atoms with Crippen molar-refractivity contribution in [2.24, 2.45) is 0 Å². The topological polar surface area (TPSA) is 53.9 Å². The Morgan fingerprint density at radius 1 is 1.08 bits per heavy atom. The fraction of sp³-hybridized carbons (Fsp3) is 0.316. The molecule has 0 atom stereocenters. The summed E-state index contributed by atoms with van der Waals surface area (Å²) >= 11 is 0. The van der Waals surface area contributed by atoms with E-state index in [0.29, 0.717) is 0 Å². The average Bonchev–Trinajstić information content (AvgIpc) is 2.60. The molecule has 0 spiro atoms. The molecule has 0 aliphatic carbocycles. The predicted molar refractivity (Wildman–Crippen MR) is 97.1 cm³/mol. The van der Waals surface area contributed by atoms with E-state index in [1.807, 2.05) is 24.5 Å². The molecular formula is C19H21N5. The van der Waals surface area contributed by atoms with Crippen LogP contribution in [0, 0.1) is 0 Å². The zero-order valence-corrected chi connectivity index (χ0v) is 14.0. The van der Waals surface area contributed by atoms with Gasteiger partial charge < -0.3 is 10.2 Å². The third-order valence-corrected chi connectivity index (χ3v) is 4.46. The Balaban J connectivity index is 1.87. The molecule has 4 heterocycles. The molecule has 0 radical (unpaired) electrons. The summed E-state index contributed by atoms with van der Waals surface area (Å²) in [6, 6.07) is 8.16. The molecule has 0 aromatic carbocycles. The lowest BCUT2D eigenvalue weighted by molar-refractivity contribution is 0.352. The van der Waals surface area contributed by atoms with Crippen LogP contribution in [0.25, 0.3) is 22.0 Å². The van der Waals surface area contributed by atoms with Gasteiger partial charge in [0.05, 0.1) is 5.69 Å². The molecule has 1 aliphatic heterocycles. The average molecular weight is 319 g/mol. The first kappa shape index (κ1) is 15.0. The Labute approximate surface area is 141 Å². The van der Waals surface area contributed by atoms with Crippen LogP contribution in [0.2, 0.25) is 0 Å². The number of hydrogen-bond acceptors (Lipinski definition) is 5. The standard InChI is InChI=1S/C19H21N5/c1-19(2)13-24(10-9-22-19)18-16-5-8-21-12-15(16)11-17(23-18)14-3-6-20-7-4-14/h3-8,11-12,22H,9-10,13H2,1-2H3. The Hall–Kier alpha value is -2.53. The number of hydrogen-bond donors (Lipinski definition) is 1. The van der Waals surface area contributed by atoms with Crippen molar-refractivity contribution in [2.75, 3.05) is 24.5 Å². The largest absolute Gasteiger partial charge is 0.353 e. The van der Waals surface area contributed by atoms with Crippen LogP contribution >= 0.6 is 0 Å². The first-order valence-electron chi connectivity index (χ1n) is 8.28. The van der Waals surface area contributed by atoms with Gasteiger partial charge in [-0.05, 0) is 38.1 Å². The Kier molecular flexibility index (Phi) is 3.65. The second-order valence-corrected chi connectivity index (χ2v) is 6.90. The van der Waals surface area contributed by atoms with Crippen LogP contribution in [0.1, 0.15) is 13.8 Å². The van der Waals surface area contributed by atoms with Gasteiger partial charge in [0.2, 0.25) is 0 Å². The number of aromatic nitrogens is 3. The third-order valence-electron chi connectivity index (χ3n) is 4.46. The summed E-state index contributed by atoms with van der Waals surface area (Å²) in [6.07, 6.45) is 7.36. The number of nitrogens with zero attached hydrogens (tertiary/aromatic N) is 4. The van der Waals surface area contributed by atoms with Gasteiger partial charge in [-0.15, -0.1) is 0 Å². The van der Waals surface area contributed by atoms with E-state index in [1.165, 1.54) is 0 Å². The summed E-state index contributed by atoms with van der Waals surface area (Å²) in [5, 5.41) is 5.83. The summed E-state index contributed by atoms with van der Waals surface area (Å²) in [4.78, 5) is 15.8. The minimum absolute atomic E-state index is 0.0754. The van der Waals surface area contributed by atoms with Gasteiger partial charge >= 0.3 is 0 Å². The molecule has 0 amide bonds. The van der Waals surface area contributed by atoms with Crippen molar-refractivity contribution in [3.8, 4) is 11.3 Å². The van der Waals surface area contributed by atoms with Gasteiger partial charge in [-0.1, -0.05) is 0 Å². The highest BCUT2D eigenvalue weighted by molar-refractivity contribution is 5.94. The van der Waals surface area contributed by atoms with Gasteiger partial charge in [-0.2, -0.15) is 0 Å². The third kappa shape index (κ3) is 2.83. The summed E-state index contributed by atoms with van der Waals surface area (Å²) in [7, 11) is 0. The van der Waals surface area contributed by atoms with E-state index < -0.39 is 0 Å². The van der Waals surface area contributed by atoms with Crippen molar-refractivity contribution >= 4 is 16.6 Å². The van der Waals surface area contributed by atoms with E-state index in [-0.39, 0.29) is 5.54 Å². The van der Waals surface area contributed by atoms with Crippen molar-refractivity contribution in [1.29, 1.82) is 0 Å². The molecule has 1 N–H and O–H groups in total. The lowest BCUT2D eigenvalue weighted by atomic mass is 10.0. The molecule has 122 valence electrons. The van der Waals surface area contributed by atoms with Crippen molar-refractivity contribution in [3.63, 3.8) is 0 Å². The van der Waals surface area contributed by atoms with E-state index in [2.05, 4.69) is 46.2 Å². The summed E-state index contributed by atoms with van der Waals surface area (Å²) in [5.74, 6) is 1.04. The first-order valence-corrected chi connectivity index (χ1v) is 8.28. The van der Waals surface area contributed by atoms with Gasteiger partial charge in [0.25, 0.3) is 0 Å². The van der Waals surface area contributed by atoms with Crippen molar-refractivity contribution in [1.82, 2.24) is 20.3 Å². The second kappa shape index (κ2) is 5.83. The zero-order valence-electron chi connectivity index (χ0n) is 14.0. The number of fused-ring (bicyclic) bond motifs is 1. The summed E-state index contributed by atoms with van der Waals surface area (Å²) < 4.78 is 0. The smallest absolute Gasteiger partial charge is 0.137 e. The van der Waals surface area contributed by atoms with Crippen LogP contribution in [0.3, 0.4) is 0 Å². The lowest BCUT2D eigenvalue weighted by Gasteiger charge is -2.40. The Bertz CT molecular complexity index is 860. The molecule has 24 heavy (non-hydrogen) atoms. The molecule has 0 unspecified atom stereocenters. The number of anilines is 1. The molecule has 5 heteroatoms. The zero-order chi connectivity index (χ0) is 16.6. The summed E-state index contributed by atoms with van der Waals surface area (Å²) in [6.45, 7) is 7.30. The SMILES string of the molecule is CC1(C)CN(c2nc(-c3ccncc3)cc3cnccc23)CCN1. The van der Waals surface area contributed by atoms with Gasteiger partial charge in [-0.3, -0.25) is 9.97 Å². The Morgan fingerprint density at radius 3 is 2.67 bits per heavy atom. The molecule has 0 bridgehead atoms. The number of nitrogens with one attached hydrogen (secondary N) is 1. The number of rotatable bonds is 2. The van der Waals surface area contributed by atoms with Crippen molar-refractivity contribution in [2.45, 2.75) is 19.4 Å². The molecule has 0 saturated carbocycles. The quantitative estimate of drug-likeness (QED) is 0.787. The van der Waals surface area contributed by atoms with Crippen LogP contribution in [-0.2, 0) is 0 Å². The molecule has 3 aromatic rings. The van der Waals surface area contributed by atoms with Crippen LogP contribution < -0.4 is 10.2 Å². The van der Waals surface area contributed by atoms with Crippen molar-refractivity contribution < 1.29 is 0 Å². The van der Waals surface area contributed by atoms with E-state index in [0.717, 1.165) is 47.5 Å². The molecule has 1 saturated heterocycles. The van der Waals surface area contributed by atoms with Crippen LogP contribution in [0.15, 0.2) is 49.1 Å². The highest BCUT2D eigenvalue weighted by Crippen LogP contribution is 2.30. The monoisotopic (exact) mass is 319 g/mol. The van der Waals surface area contributed by atoms with Gasteiger partial charge in [0, 0.05) is 66.3 Å². The number of piperazine rings is 1. The fourth-order valence-electron chi connectivity index (χ4n) is 3.31. The Morgan fingerprint density at radius 2 is 1.88 bits per heavy atom. The number of pyridine rings is 3. The van der Waals surface area contributed by atoms with E-state index >= 15 is 0 Å². The highest BCUT2D eigenvalue weighted by Gasteiger charge is 2.27. The lowest BCUT2D eigenvalue weighted by Crippen LogP contribution is -2.57. The van der Waals surface area contributed by atoms with Crippen LogP contribution in [0.4, 0.5) is 5.82 Å². The molecular weight excluding hydrogens is 298 g/mol. The van der Waals surface area contributed by atoms with Crippen molar-refractivity contribution in [3.05, 3.63) is 49.1 Å². The fourth-order valence-corrected chi connectivity index (χ4v) is 3.31. The molecule has 5 nitrogen and oxygen atoms in total. The highest BCUT2D eigenvalue weighted by atomic mass is 15.3. The maximum absolute atomic E-state index is 5.00. The van der Waals surface area contributed by atoms with Crippen LogP contribution in [0.5, 0.6) is 0 Å². The maximum Gasteiger partial charge on any atom is 0.137 e. The maximum atomic E-state index is 5.00. The van der Waals surface area contributed by atoms with Crippen LogP contribution in [-0.4, -0.2) is 40.1 Å². The molecule has 1 aliphatic rings. The first-order chi connectivity index (χ1) is 11.6. The molecule has 1 fully saturated rings. The van der Waals surface area contributed by atoms with E-state index in [4.69, 9.17) is 4.98 Å². The second-order valence-electron chi connectivity index (χ2n) is 6.90. The minimum atomic E-state index is 0.0754. The van der Waals surface area contributed by atoms with Gasteiger partial charge in [0.15, 0.2) is 0 Å². The molecule has 4 rings (SSSR count). The van der Waals surface area contributed by atoms with E-state index in [1.54, 1.807) is 12.4 Å².